The van der Waals surface area contributed by atoms with Crippen molar-refractivity contribution in [2.45, 2.75) is 18.9 Å². The normalized spacial score (nSPS) is 23.6. The van der Waals surface area contributed by atoms with Gasteiger partial charge in [0.2, 0.25) is 0 Å². The second-order valence-electron chi connectivity index (χ2n) is 6.54. The van der Waals surface area contributed by atoms with E-state index in [1.54, 1.807) is 12.0 Å². The van der Waals surface area contributed by atoms with Crippen LogP contribution in [0.1, 0.15) is 18.4 Å². The molecule has 2 aliphatic heterocycles. The number of nitrogens with zero attached hydrogens (tertiary/aromatic N) is 2. The van der Waals surface area contributed by atoms with Crippen LogP contribution in [0.15, 0.2) is 24.3 Å². The highest BCUT2D eigenvalue weighted by Crippen LogP contribution is 2.24. The third kappa shape index (κ3) is 2.49. The molecule has 23 heavy (non-hydrogen) atoms. The van der Waals surface area contributed by atoms with Gasteiger partial charge >= 0.3 is 0 Å². The van der Waals surface area contributed by atoms with E-state index >= 15 is 0 Å². The summed E-state index contributed by atoms with van der Waals surface area (Å²) in [5.74, 6) is 1.78. The maximum Gasteiger partial charge on any atom is 0.293 e. The number of methoxy groups -OCH3 is 1. The number of quaternary nitrogens is 1. The van der Waals surface area contributed by atoms with E-state index < -0.39 is 0 Å². The molecule has 5 nitrogen and oxygen atoms in total. The number of ether oxygens (including phenoxy) is 1. The molecule has 2 saturated heterocycles. The third-order valence-corrected chi connectivity index (χ3v) is 5.27. The zero-order valence-electron chi connectivity index (χ0n) is 13.4. The molecule has 2 fully saturated rings. The van der Waals surface area contributed by atoms with E-state index in [0.717, 1.165) is 41.6 Å². The van der Waals surface area contributed by atoms with Crippen LogP contribution in [0.4, 0.5) is 5.82 Å². The minimum Gasteiger partial charge on any atom is -0.497 e. The molecule has 5 heteroatoms. The van der Waals surface area contributed by atoms with E-state index in [9.17, 15) is 5.26 Å². The Morgan fingerprint density at radius 1 is 1.35 bits per heavy atom. The van der Waals surface area contributed by atoms with Crippen LogP contribution in [-0.2, 0) is 0 Å². The fourth-order valence-electron chi connectivity index (χ4n) is 4.03. The van der Waals surface area contributed by atoms with Gasteiger partial charge in [0.15, 0.2) is 0 Å². The molecular formula is C18H22N4O+2. The fourth-order valence-corrected chi connectivity index (χ4v) is 4.03. The summed E-state index contributed by atoms with van der Waals surface area (Å²) < 4.78 is 5.28. The largest absolute Gasteiger partial charge is 0.497 e. The number of aromatic nitrogens is 1. The summed E-state index contributed by atoms with van der Waals surface area (Å²) in [5.41, 5.74) is 1.76. The first-order chi connectivity index (χ1) is 11.3. The van der Waals surface area contributed by atoms with E-state index in [0.29, 0.717) is 5.56 Å². The molecular weight excluding hydrogens is 288 g/mol. The number of benzene rings is 1. The number of nitriles is 1. The Morgan fingerprint density at radius 3 is 3.09 bits per heavy atom. The Bertz CT molecular complexity index is 782. The molecule has 0 spiro atoms. The van der Waals surface area contributed by atoms with Crippen molar-refractivity contribution in [3.8, 4) is 11.8 Å². The number of pyridine rings is 1. The second kappa shape index (κ2) is 5.71. The standard InChI is InChI=1S/C18H20N4O/c1-23-16-4-5-17-13(10-16)9-14(11-19)18(20-17)22-8-7-21-6-2-3-15(21)12-22/h4-5,9-10,15H,2-3,6-8,12H2,1H3/p+2/t15-/m1/s1. The van der Waals surface area contributed by atoms with Gasteiger partial charge in [-0.1, -0.05) is 0 Å². The van der Waals surface area contributed by atoms with E-state index in [1.165, 1.54) is 25.9 Å². The summed E-state index contributed by atoms with van der Waals surface area (Å²) in [6.45, 7) is 4.54. The van der Waals surface area contributed by atoms with Crippen molar-refractivity contribution in [3.63, 3.8) is 0 Å². The summed E-state index contributed by atoms with van der Waals surface area (Å²) in [6, 6.07) is 11.0. The van der Waals surface area contributed by atoms with E-state index in [-0.39, 0.29) is 0 Å². The van der Waals surface area contributed by atoms with Crippen molar-refractivity contribution in [2.24, 2.45) is 0 Å². The van der Waals surface area contributed by atoms with Crippen LogP contribution in [-0.4, -0.2) is 39.3 Å². The molecule has 0 aliphatic carbocycles. The van der Waals surface area contributed by atoms with Gasteiger partial charge in [-0.3, -0.25) is 0 Å². The molecule has 1 aromatic carbocycles. The minimum atomic E-state index is 0.715. The second-order valence-corrected chi connectivity index (χ2v) is 6.54. The molecule has 118 valence electrons. The van der Waals surface area contributed by atoms with Gasteiger partial charge < -0.3 is 9.64 Å². The number of anilines is 1. The highest BCUT2D eigenvalue weighted by Gasteiger charge is 2.39. The van der Waals surface area contributed by atoms with Crippen molar-refractivity contribution in [3.05, 3.63) is 29.8 Å². The van der Waals surface area contributed by atoms with Crippen LogP contribution in [0, 0.1) is 11.3 Å². The molecule has 1 aromatic heterocycles. The summed E-state index contributed by atoms with van der Waals surface area (Å²) in [4.78, 5) is 7.59. The number of hydrogen-bond acceptors (Lipinski definition) is 3. The van der Waals surface area contributed by atoms with Gasteiger partial charge in [-0.15, -0.1) is 0 Å². The van der Waals surface area contributed by atoms with Gasteiger partial charge in [-0.25, -0.2) is 9.88 Å². The SMILES string of the molecule is COc1ccc2[nH+]c(N3CC[NH+]4CCC[C@@H]4C3)c(C#N)cc2c1. The lowest BCUT2D eigenvalue weighted by molar-refractivity contribution is -0.912. The number of hydrogen-bond donors (Lipinski definition) is 1. The van der Waals surface area contributed by atoms with Crippen molar-refractivity contribution in [1.82, 2.24) is 0 Å². The van der Waals surface area contributed by atoms with Crippen molar-refractivity contribution < 1.29 is 14.6 Å². The molecule has 2 aromatic rings. The highest BCUT2D eigenvalue weighted by molar-refractivity contribution is 5.80. The number of aromatic amines is 1. The first-order valence-electron chi connectivity index (χ1n) is 8.32. The predicted octanol–water partition coefficient (Wildman–Crippen LogP) is 0.401. The van der Waals surface area contributed by atoms with Gasteiger partial charge in [0, 0.05) is 18.2 Å². The predicted molar refractivity (Wildman–Crippen MR) is 87.7 cm³/mol. The van der Waals surface area contributed by atoms with Crippen LogP contribution in [0.5, 0.6) is 5.75 Å². The van der Waals surface area contributed by atoms with Crippen LogP contribution in [0.25, 0.3) is 10.9 Å². The number of nitrogens with one attached hydrogen (secondary N) is 2. The average Bonchev–Trinajstić information content (AvgIpc) is 3.07. The van der Waals surface area contributed by atoms with Crippen LogP contribution in [0.2, 0.25) is 0 Å². The number of H-pyrrole nitrogens is 1. The highest BCUT2D eigenvalue weighted by atomic mass is 16.5. The van der Waals surface area contributed by atoms with Crippen molar-refractivity contribution >= 4 is 16.7 Å². The topological polar surface area (TPSA) is 54.8 Å². The zero-order valence-corrected chi connectivity index (χ0v) is 13.4. The summed E-state index contributed by atoms with van der Waals surface area (Å²) in [6.07, 6.45) is 2.64. The quantitative estimate of drug-likeness (QED) is 0.874. The molecule has 2 atom stereocenters. The number of fused-ring (bicyclic) bond motifs is 2. The zero-order chi connectivity index (χ0) is 15.8. The Morgan fingerprint density at radius 2 is 2.26 bits per heavy atom. The molecule has 3 heterocycles. The molecule has 0 amide bonds. The summed E-state index contributed by atoms with van der Waals surface area (Å²) in [5, 5.41) is 10.6. The monoisotopic (exact) mass is 310 g/mol. The maximum atomic E-state index is 9.59. The summed E-state index contributed by atoms with van der Waals surface area (Å²) >= 11 is 0. The van der Waals surface area contributed by atoms with Gasteiger partial charge in [-0.2, -0.15) is 5.26 Å². The van der Waals surface area contributed by atoms with Gasteiger partial charge in [-0.05, 0) is 24.3 Å². The maximum absolute atomic E-state index is 9.59. The molecule has 0 bridgehead atoms. The first kappa shape index (κ1) is 14.3. The van der Waals surface area contributed by atoms with Crippen molar-refractivity contribution in [2.75, 3.05) is 38.2 Å². The molecule has 1 unspecified atom stereocenters. The lowest BCUT2D eigenvalue weighted by Crippen LogP contribution is -3.16. The fraction of sp³-hybridized carbons (Fsp3) is 0.444. The Hall–Kier alpha value is -2.32. The molecule has 2 N–H and O–H groups in total. The van der Waals surface area contributed by atoms with Crippen LogP contribution >= 0.6 is 0 Å². The minimum absolute atomic E-state index is 0.715. The summed E-state index contributed by atoms with van der Waals surface area (Å²) in [7, 11) is 1.66. The van der Waals surface area contributed by atoms with Gasteiger partial charge in [0.05, 0.1) is 13.7 Å². The van der Waals surface area contributed by atoms with E-state index in [4.69, 9.17) is 4.74 Å². The average molecular weight is 310 g/mol. The van der Waals surface area contributed by atoms with Crippen LogP contribution < -0.4 is 19.5 Å². The van der Waals surface area contributed by atoms with Gasteiger partial charge in [0.1, 0.15) is 48.6 Å². The smallest absolute Gasteiger partial charge is 0.293 e. The van der Waals surface area contributed by atoms with E-state index in [2.05, 4.69) is 16.0 Å². The molecule has 4 rings (SSSR count). The lowest BCUT2D eigenvalue weighted by Gasteiger charge is -2.31. The van der Waals surface area contributed by atoms with Crippen LogP contribution in [0.3, 0.4) is 0 Å². The molecule has 0 saturated carbocycles. The first-order valence-corrected chi connectivity index (χ1v) is 8.32. The van der Waals surface area contributed by atoms with E-state index in [1.807, 2.05) is 24.3 Å². The Kier molecular flexibility index (Phi) is 3.55. The lowest BCUT2D eigenvalue weighted by atomic mass is 10.1. The number of piperazine rings is 1. The van der Waals surface area contributed by atoms with Crippen molar-refractivity contribution in [1.29, 1.82) is 5.26 Å². The Balaban J connectivity index is 1.72. The number of rotatable bonds is 2. The molecule has 2 aliphatic rings. The van der Waals surface area contributed by atoms with Gasteiger partial charge in [0.25, 0.3) is 5.82 Å². The third-order valence-electron chi connectivity index (χ3n) is 5.27. The molecule has 0 radical (unpaired) electrons. The Labute approximate surface area is 136 Å².